The van der Waals surface area contributed by atoms with E-state index >= 15 is 0 Å². The van der Waals surface area contributed by atoms with Crippen LogP contribution in [0.15, 0.2) is 18.2 Å². The summed E-state index contributed by atoms with van der Waals surface area (Å²) in [5.74, 6) is -0.220. The van der Waals surface area contributed by atoms with Crippen molar-refractivity contribution in [3.05, 3.63) is 34.3 Å². The number of amides is 1. The van der Waals surface area contributed by atoms with Crippen LogP contribution >= 0.6 is 11.6 Å². The number of halogens is 1. The molecule has 0 aliphatic carbocycles. The minimum atomic E-state index is -1.01. The van der Waals surface area contributed by atoms with Gasteiger partial charge in [0.15, 0.2) is 0 Å². The van der Waals surface area contributed by atoms with Crippen molar-refractivity contribution in [3.8, 4) is 0 Å². The molecule has 1 rings (SSSR count). The van der Waals surface area contributed by atoms with Gasteiger partial charge in [0.2, 0.25) is 0 Å². The first-order chi connectivity index (χ1) is 8.04. The molecule has 0 bridgehead atoms. The van der Waals surface area contributed by atoms with Crippen LogP contribution in [0, 0.1) is 6.92 Å². The molecule has 0 fully saturated rings. The number of carbonyl (C=O) groups is 1. The van der Waals surface area contributed by atoms with E-state index in [1.165, 1.54) is 0 Å². The molecule has 0 radical (unpaired) electrons. The molecule has 2 N–H and O–H groups in total. The van der Waals surface area contributed by atoms with Crippen molar-refractivity contribution >= 4 is 17.5 Å². The van der Waals surface area contributed by atoms with E-state index in [0.717, 1.165) is 5.56 Å². The molecule has 1 aromatic carbocycles. The third kappa shape index (κ3) is 3.24. The molecule has 3 nitrogen and oxygen atoms in total. The Morgan fingerprint density at radius 2 is 1.83 bits per heavy atom. The van der Waals surface area contributed by atoms with Crippen LogP contribution in [-0.2, 0) is 0 Å². The Balaban J connectivity index is 2.93. The minimum absolute atomic E-state index is 0.220. The van der Waals surface area contributed by atoms with Gasteiger partial charge in [-0.2, -0.15) is 0 Å². The zero-order valence-electron chi connectivity index (χ0n) is 11.5. The van der Waals surface area contributed by atoms with E-state index in [-0.39, 0.29) is 5.91 Å². The van der Waals surface area contributed by atoms with Gasteiger partial charge in [-0.25, -0.2) is 0 Å². The van der Waals surface area contributed by atoms with Crippen LogP contribution < -0.4 is 5.32 Å². The number of rotatable bonds is 3. The third-order valence-electron chi connectivity index (χ3n) is 3.38. The second-order valence-electron chi connectivity index (χ2n) is 5.60. The molecule has 0 heterocycles. The molecule has 0 aromatic heterocycles. The lowest BCUT2D eigenvalue weighted by Crippen LogP contribution is -2.57. The lowest BCUT2D eigenvalue weighted by atomic mass is 9.85. The van der Waals surface area contributed by atoms with E-state index in [0.29, 0.717) is 10.6 Å². The highest BCUT2D eigenvalue weighted by molar-refractivity contribution is 6.31. The van der Waals surface area contributed by atoms with Crippen LogP contribution in [0.5, 0.6) is 0 Å². The van der Waals surface area contributed by atoms with Gasteiger partial charge in [-0.3, -0.25) is 4.79 Å². The number of carbonyl (C=O) groups excluding carboxylic acids is 1. The minimum Gasteiger partial charge on any atom is -0.388 e. The molecule has 0 saturated carbocycles. The monoisotopic (exact) mass is 269 g/mol. The van der Waals surface area contributed by atoms with E-state index in [1.54, 1.807) is 45.9 Å². The first-order valence-corrected chi connectivity index (χ1v) is 6.23. The normalized spacial score (nSPS) is 12.4. The van der Waals surface area contributed by atoms with Gasteiger partial charge in [-0.15, -0.1) is 0 Å². The topological polar surface area (TPSA) is 49.3 Å². The molecule has 0 unspecified atom stereocenters. The van der Waals surface area contributed by atoms with Crippen LogP contribution in [0.2, 0.25) is 5.02 Å². The van der Waals surface area contributed by atoms with Crippen LogP contribution in [0.1, 0.15) is 43.6 Å². The van der Waals surface area contributed by atoms with Gasteiger partial charge in [0.1, 0.15) is 0 Å². The largest absolute Gasteiger partial charge is 0.388 e. The summed E-state index contributed by atoms with van der Waals surface area (Å²) < 4.78 is 0. The maximum Gasteiger partial charge on any atom is 0.251 e. The van der Waals surface area contributed by atoms with E-state index in [2.05, 4.69) is 5.32 Å². The number of hydrogen-bond acceptors (Lipinski definition) is 2. The summed E-state index contributed by atoms with van der Waals surface area (Å²) in [5.41, 5.74) is -0.346. The summed E-state index contributed by atoms with van der Waals surface area (Å²) in [5, 5.41) is 13.5. The van der Waals surface area contributed by atoms with Crippen molar-refractivity contribution < 1.29 is 9.90 Å². The maximum absolute atomic E-state index is 12.1. The molecule has 0 spiro atoms. The number of aryl methyl sites for hydroxylation is 1. The van der Waals surface area contributed by atoms with Crippen molar-refractivity contribution in [1.29, 1.82) is 0 Å². The Kier molecular flexibility index (Phi) is 4.08. The number of aliphatic hydroxyl groups is 1. The summed E-state index contributed by atoms with van der Waals surface area (Å²) in [4.78, 5) is 12.1. The molecule has 100 valence electrons. The van der Waals surface area contributed by atoms with Gasteiger partial charge in [-0.1, -0.05) is 11.6 Å². The van der Waals surface area contributed by atoms with Crippen molar-refractivity contribution in [2.75, 3.05) is 0 Å². The van der Waals surface area contributed by atoms with Gasteiger partial charge >= 0.3 is 0 Å². The molecule has 18 heavy (non-hydrogen) atoms. The molecule has 0 atom stereocenters. The Bertz CT molecular complexity index is 461. The van der Waals surface area contributed by atoms with Crippen molar-refractivity contribution in [2.24, 2.45) is 0 Å². The van der Waals surface area contributed by atoms with Gasteiger partial charge in [0, 0.05) is 10.6 Å². The second-order valence-corrected chi connectivity index (χ2v) is 6.01. The van der Waals surface area contributed by atoms with Crippen molar-refractivity contribution in [1.82, 2.24) is 5.32 Å². The first-order valence-electron chi connectivity index (χ1n) is 5.85. The van der Waals surface area contributed by atoms with Crippen LogP contribution in [0.25, 0.3) is 0 Å². The first kappa shape index (κ1) is 15.0. The highest BCUT2D eigenvalue weighted by Gasteiger charge is 2.36. The van der Waals surface area contributed by atoms with E-state index < -0.39 is 11.1 Å². The van der Waals surface area contributed by atoms with Crippen LogP contribution in [0.3, 0.4) is 0 Å². The summed E-state index contributed by atoms with van der Waals surface area (Å²) in [6.07, 6.45) is 0. The Morgan fingerprint density at radius 1 is 1.28 bits per heavy atom. The zero-order valence-corrected chi connectivity index (χ0v) is 12.2. The van der Waals surface area contributed by atoms with Gasteiger partial charge in [0.05, 0.1) is 11.1 Å². The highest BCUT2D eigenvalue weighted by atomic mass is 35.5. The second kappa shape index (κ2) is 4.90. The lowest BCUT2D eigenvalue weighted by Gasteiger charge is -2.38. The summed E-state index contributed by atoms with van der Waals surface area (Å²) in [6, 6.07) is 5.10. The fourth-order valence-electron chi connectivity index (χ4n) is 1.29. The molecule has 1 amide bonds. The molecule has 0 saturated heterocycles. The van der Waals surface area contributed by atoms with Gasteiger partial charge in [0.25, 0.3) is 5.91 Å². The Hall–Kier alpha value is -1.06. The lowest BCUT2D eigenvalue weighted by molar-refractivity contribution is -0.00292. The molecule has 0 aliphatic rings. The smallest absolute Gasteiger partial charge is 0.251 e. The average Bonchev–Trinajstić information content (AvgIpc) is 2.19. The Morgan fingerprint density at radius 3 is 2.28 bits per heavy atom. The quantitative estimate of drug-likeness (QED) is 0.886. The SMILES string of the molecule is Cc1cc(C(=O)NC(C)(C)C(C)(C)O)ccc1Cl. The van der Waals surface area contributed by atoms with Crippen molar-refractivity contribution in [2.45, 2.75) is 45.8 Å². The molecular weight excluding hydrogens is 250 g/mol. The number of hydrogen-bond donors (Lipinski definition) is 2. The summed E-state index contributed by atoms with van der Waals surface area (Å²) in [6.45, 7) is 8.75. The van der Waals surface area contributed by atoms with Gasteiger partial charge in [-0.05, 0) is 58.4 Å². The maximum atomic E-state index is 12.1. The summed E-state index contributed by atoms with van der Waals surface area (Å²) >= 11 is 5.92. The highest BCUT2D eigenvalue weighted by Crippen LogP contribution is 2.22. The number of nitrogens with one attached hydrogen (secondary N) is 1. The van der Waals surface area contributed by atoms with Gasteiger partial charge < -0.3 is 10.4 Å². The van der Waals surface area contributed by atoms with Crippen molar-refractivity contribution in [3.63, 3.8) is 0 Å². The van der Waals surface area contributed by atoms with E-state index in [4.69, 9.17) is 11.6 Å². The number of benzene rings is 1. The third-order valence-corrected chi connectivity index (χ3v) is 3.80. The predicted molar refractivity (Wildman–Crippen MR) is 74.0 cm³/mol. The molecule has 1 aromatic rings. The molecule has 0 aliphatic heterocycles. The fourth-order valence-corrected chi connectivity index (χ4v) is 1.41. The zero-order chi connectivity index (χ0) is 14.1. The predicted octanol–water partition coefficient (Wildman–Crippen LogP) is 2.93. The molecular formula is C14H20ClNO2. The standard InChI is InChI=1S/C14H20ClNO2/c1-9-8-10(6-7-11(9)15)12(17)16-13(2,3)14(4,5)18/h6-8,18H,1-5H3,(H,16,17). The van der Waals surface area contributed by atoms with E-state index in [9.17, 15) is 9.90 Å². The fraction of sp³-hybridized carbons (Fsp3) is 0.500. The van der Waals surface area contributed by atoms with Crippen LogP contribution in [0.4, 0.5) is 0 Å². The van der Waals surface area contributed by atoms with E-state index in [1.807, 2.05) is 6.92 Å². The molecule has 4 heteroatoms. The summed E-state index contributed by atoms with van der Waals surface area (Å²) in [7, 11) is 0. The Labute approximate surface area is 113 Å². The van der Waals surface area contributed by atoms with Crippen LogP contribution in [-0.4, -0.2) is 22.2 Å². The average molecular weight is 270 g/mol.